The number of hydrogen-bond acceptors (Lipinski definition) is 4. The Morgan fingerprint density at radius 3 is 2.20 bits per heavy atom. The first-order chi connectivity index (χ1) is 20.8. The van der Waals surface area contributed by atoms with E-state index < -0.39 is 29.7 Å². The number of amides is 1. The molecule has 1 fully saturated rings. The molecule has 5 rings (SSSR count). The maximum absolute atomic E-state index is 13.4. The Kier molecular flexibility index (Phi) is 8.86. The molecule has 0 radical (unpaired) electrons. The lowest BCUT2D eigenvalue weighted by Gasteiger charge is -2.30. The van der Waals surface area contributed by atoms with Gasteiger partial charge in [0.15, 0.2) is 6.04 Å². The van der Waals surface area contributed by atoms with E-state index in [4.69, 9.17) is 9.73 Å². The van der Waals surface area contributed by atoms with Gasteiger partial charge in [-0.05, 0) is 70.9 Å². The molecule has 1 aliphatic heterocycles. The first kappa shape index (κ1) is 31.3. The largest absolute Gasteiger partial charge is 0.479 e. The van der Waals surface area contributed by atoms with Gasteiger partial charge in [-0.1, -0.05) is 76.8 Å². The Hall–Kier alpha value is -4.14. The fourth-order valence-electron chi connectivity index (χ4n) is 6.00. The van der Waals surface area contributed by atoms with Gasteiger partial charge in [0.25, 0.3) is 5.91 Å². The second-order valence-electron chi connectivity index (χ2n) is 12.8. The van der Waals surface area contributed by atoms with Crippen molar-refractivity contribution < 1.29 is 32.6 Å². The lowest BCUT2D eigenvalue weighted by atomic mass is 9.80. The number of carbonyl (C=O) groups is 2. The topological polar surface area (TPSA) is 88.0 Å². The number of fused-ring (bicyclic) bond motifs is 1. The zero-order valence-corrected chi connectivity index (χ0v) is 25.1. The van der Waals surface area contributed by atoms with Gasteiger partial charge in [-0.25, -0.2) is 4.79 Å². The number of aliphatic imine (C=N–C) groups is 1. The number of carbonyl (C=O) groups excluding carboxylic acids is 1. The van der Waals surface area contributed by atoms with Gasteiger partial charge in [-0.15, -0.1) is 0 Å². The smallest absolute Gasteiger partial charge is 0.416 e. The molecular weight excluding hydrogens is 569 g/mol. The summed E-state index contributed by atoms with van der Waals surface area (Å²) in [5.74, 6) is -0.186. The van der Waals surface area contributed by atoms with E-state index in [-0.39, 0.29) is 22.6 Å². The highest BCUT2D eigenvalue weighted by Gasteiger charge is 2.34. The standard InChI is InChI=1S/C35H37F3N2O4/c1-34(2,3)24-13-16-26(17-14-24)44-27-15-10-23-19-30(39-29(28(23)20-27)18-21-6-4-5-7-21)32(41)40-31(33(42)43)22-8-11-25(12-9-22)35(36,37)38/h8-17,19,21,28,31H,4-7,18,20H2,1-3H3,(H,40,41)(H,42,43)/t28?,31-/m0/s1. The highest BCUT2D eigenvalue weighted by Crippen LogP contribution is 2.38. The number of benzene rings is 2. The molecule has 2 N–H and O–H groups in total. The number of nitrogens with one attached hydrogen (secondary N) is 1. The van der Waals surface area contributed by atoms with Gasteiger partial charge < -0.3 is 15.2 Å². The summed E-state index contributed by atoms with van der Waals surface area (Å²) in [4.78, 5) is 30.2. The molecular formula is C35H37F3N2O4. The van der Waals surface area contributed by atoms with Crippen LogP contribution in [0.5, 0.6) is 5.75 Å². The molecule has 2 atom stereocenters. The number of alkyl halides is 3. The lowest BCUT2D eigenvalue weighted by Crippen LogP contribution is -2.36. The summed E-state index contributed by atoms with van der Waals surface area (Å²) >= 11 is 0. The van der Waals surface area contributed by atoms with Crippen molar-refractivity contribution in [3.8, 4) is 5.75 Å². The number of nitrogens with zero attached hydrogens (tertiary/aromatic N) is 1. The molecule has 2 aromatic rings. The second kappa shape index (κ2) is 12.5. The van der Waals surface area contributed by atoms with Gasteiger partial charge in [-0.2, -0.15) is 13.2 Å². The zero-order valence-electron chi connectivity index (χ0n) is 25.1. The highest BCUT2D eigenvalue weighted by atomic mass is 19.4. The Morgan fingerprint density at radius 1 is 0.977 bits per heavy atom. The fraction of sp³-hybridized carbons (Fsp3) is 0.400. The van der Waals surface area contributed by atoms with Crippen molar-refractivity contribution >= 4 is 17.6 Å². The Bertz CT molecular complexity index is 1520. The molecule has 2 aromatic carbocycles. The van der Waals surface area contributed by atoms with Crippen molar-refractivity contribution in [1.29, 1.82) is 0 Å². The quantitative estimate of drug-likeness (QED) is 0.318. The summed E-state index contributed by atoms with van der Waals surface area (Å²) in [6.07, 6.45) is 6.68. The van der Waals surface area contributed by atoms with Crippen LogP contribution in [0, 0.1) is 11.8 Å². The van der Waals surface area contributed by atoms with Crippen molar-refractivity contribution in [2.24, 2.45) is 16.8 Å². The summed E-state index contributed by atoms with van der Waals surface area (Å²) in [6, 6.07) is 10.3. The first-order valence-electron chi connectivity index (χ1n) is 15.0. The fourth-order valence-corrected chi connectivity index (χ4v) is 6.00. The number of ether oxygens (including phenoxy) is 1. The minimum atomic E-state index is -4.56. The van der Waals surface area contributed by atoms with E-state index in [2.05, 4.69) is 38.2 Å². The summed E-state index contributed by atoms with van der Waals surface area (Å²) in [5.41, 5.74) is 2.19. The summed E-state index contributed by atoms with van der Waals surface area (Å²) in [6.45, 7) is 6.48. The number of allylic oxidation sites excluding steroid dienone is 5. The van der Waals surface area contributed by atoms with Crippen LogP contribution >= 0.6 is 0 Å². The zero-order chi connectivity index (χ0) is 31.6. The molecule has 0 spiro atoms. The normalized spacial score (nSPS) is 19.6. The van der Waals surface area contributed by atoms with Crippen LogP contribution in [-0.4, -0.2) is 22.7 Å². The number of rotatable bonds is 8. The predicted octanol–water partition coefficient (Wildman–Crippen LogP) is 8.07. The molecule has 1 saturated carbocycles. The average molecular weight is 607 g/mol. The van der Waals surface area contributed by atoms with Crippen molar-refractivity contribution in [2.45, 2.75) is 76.9 Å². The van der Waals surface area contributed by atoms with Crippen LogP contribution in [0.25, 0.3) is 0 Å². The third-order valence-corrected chi connectivity index (χ3v) is 8.51. The third kappa shape index (κ3) is 7.31. The van der Waals surface area contributed by atoms with Crippen molar-refractivity contribution in [1.82, 2.24) is 5.32 Å². The van der Waals surface area contributed by atoms with E-state index >= 15 is 0 Å². The van der Waals surface area contributed by atoms with Gasteiger partial charge >= 0.3 is 12.1 Å². The minimum absolute atomic E-state index is 0.0282. The van der Waals surface area contributed by atoms with Gasteiger partial charge in [0.05, 0.1) is 5.56 Å². The Balaban J connectivity index is 1.38. The predicted molar refractivity (Wildman–Crippen MR) is 162 cm³/mol. The summed E-state index contributed by atoms with van der Waals surface area (Å²) < 4.78 is 45.3. The van der Waals surface area contributed by atoms with Crippen molar-refractivity contribution in [3.63, 3.8) is 0 Å². The van der Waals surface area contributed by atoms with Crippen molar-refractivity contribution in [3.05, 3.63) is 100 Å². The molecule has 232 valence electrons. The minimum Gasteiger partial charge on any atom is -0.479 e. The number of aliphatic carboxylic acids is 1. The maximum atomic E-state index is 13.4. The molecule has 2 aliphatic carbocycles. The molecule has 44 heavy (non-hydrogen) atoms. The molecule has 3 aliphatic rings. The monoisotopic (exact) mass is 606 g/mol. The SMILES string of the molecule is CC(C)(C)c1ccc(OC2=CC=C3C=C(C(=O)N[C@H](C(=O)O)c4ccc(C(F)(F)F)cc4)N=C(CC4CCCC4)C3C2)cc1. The molecule has 9 heteroatoms. The van der Waals surface area contributed by atoms with Crippen LogP contribution in [0.15, 0.2) is 88.8 Å². The van der Waals surface area contributed by atoms with E-state index in [0.29, 0.717) is 12.3 Å². The van der Waals surface area contributed by atoms with Gasteiger partial charge in [-0.3, -0.25) is 9.79 Å². The van der Waals surface area contributed by atoms with E-state index in [0.717, 1.165) is 79.2 Å². The highest BCUT2D eigenvalue weighted by molar-refractivity contribution is 6.03. The van der Waals surface area contributed by atoms with E-state index in [1.54, 1.807) is 6.08 Å². The molecule has 6 nitrogen and oxygen atoms in total. The molecule has 0 saturated heterocycles. The molecule has 1 heterocycles. The number of halogens is 3. The molecule has 1 amide bonds. The maximum Gasteiger partial charge on any atom is 0.416 e. The van der Waals surface area contributed by atoms with E-state index in [9.17, 15) is 27.9 Å². The van der Waals surface area contributed by atoms with Gasteiger partial charge in [0.2, 0.25) is 0 Å². The third-order valence-electron chi connectivity index (χ3n) is 8.51. The van der Waals surface area contributed by atoms with Crippen LogP contribution < -0.4 is 10.1 Å². The van der Waals surface area contributed by atoms with Gasteiger partial charge in [0, 0.05) is 18.1 Å². The van der Waals surface area contributed by atoms with Crippen molar-refractivity contribution in [2.75, 3.05) is 0 Å². The number of hydrogen-bond donors (Lipinski definition) is 2. The number of carboxylic acids is 1. The second-order valence-corrected chi connectivity index (χ2v) is 12.8. The summed E-state index contributed by atoms with van der Waals surface area (Å²) in [5, 5.41) is 12.3. The Morgan fingerprint density at radius 2 is 1.61 bits per heavy atom. The molecule has 1 unspecified atom stereocenters. The van der Waals surface area contributed by atoms with Crippen LogP contribution in [-0.2, 0) is 21.2 Å². The average Bonchev–Trinajstić information content (AvgIpc) is 3.48. The van der Waals surface area contributed by atoms with Crippen LogP contribution in [0.3, 0.4) is 0 Å². The van der Waals surface area contributed by atoms with Crippen LogP contribution in [0.2, 0.25) is 0 Å². The van der Waals surface area contributed by atoms with Gasteiger partial charge in [0.1, 0.15) is 17.2 Å². The lowest BCUT2D eigenvalue weighted by molar-refractivity contribution is -0.141. The van der Waals surface area contributed by atoms with E-state index in [1.807, 2.05) is 24.3 Å². The Labute approximate surface area is 255 Å². The van der Waals surface area contributed by atoms with Crippen LogP contribution in [0.1, 0.15) is 82.0 Å². The molecule has 0 aromatic heterocycles. The number of carboxylic acid groups (broad SMARTS) is 1. The van der Waals surface area contributed by atoms with Crippen LogP contribution in [0.4, 0.5) is 13.2 Å². The van der Waals surface area contributed by atoms with E-state index in [1.165, 1.54) is 5.56 Å². The molecule has 0 bridgehead atoms. The summed E-state index contributed by atoms with van der Waals surface area (Å²) in [7, 11) is 0. The first-order valence-corrected chi connectivity index (χ1v) is 15.0.